The molecule has 1 aliphatic carbocycles. The first-order valence-corrected chi connectivity index (χ1v) is 7.13. The van der Waals surface area contributed by atoms with Crippen LogP contribution in [-0.2, 0) is 25.0 Å². The number of aliphatic hydroxyl groups excluding tert-OH is 1. The summed E-state index contributed by atoms with van der Waals surface area (Å²) < 4.78 is 2.10. The second kappa shape index (κ2) is 4.70. The molecule has 0 spiro atoms. The summed E-state index contributed by atoms with van der Waals surface area (Å²) in [5, 5.41) is 18.0. The molecular weight excluding hydrogens is 250 g/mol. The van der Waals surface area contributed by atoms with Gasteiger partial charge in [0, 0.05) is 11.5 Å². The molecule has 1 heterocycles. The first-order chi connectivity index (χ1) is 9.50. The molecule has 2 aromatic rings. The molecule has 0 saturated carbocycles. The van der Waals surface area contributed by atoms with Crippen LogP contribution in [0.15, 0.2) is 24.3 Å². The van der Waals surface area contributed by atoms with Gasteiger partial charge in [-0.15, -0.1) is 10.2 Å². The predicted molar refractivity (Wildman–Crippen MR) is 77.5 cm³/mol. The molecule has 4 nitrogen and oxygen atoms in total. The van der Waals surface area contributed by atoms with E-state index < -0.39 is 0 Å². The number of rotatable bonds is 2. The lowest BCUT2D eigenvalue weighted by Crippen LogP contribution is -2.27. The topological polar surface area (TPSA) is 50.9 Å². The van der Waals surface area contributed by atoms with Crippen molar-refractivity contribution in [2.24, 2.45) is 0 Å². The Morgan fingerprint density at radius 2 is 1.75 bits per heavy atom. The van der Waals surface area contributed by atoms with Crippen LogP contribution in [0, 0.1) is 0 Å². The lowest BCUT2D eigenvalue weighted by atomic mass is 10.0. The van der Waals surface area contributed by atoms with Crippen LogP contribution >= 0.6 is 0 Å². The van der Waals surface area contributed by atoms with Crippen LogP contribution in [0.1, 0.15) is 49.5 Å². The quantitative estimate of drug-likeness (QED) is 0.912. The Bertz CT molecular complexity index is 600. The van der Waals surface area contributed by atoms with E-state index in [1.165, 1.54) is 11.1 Å². The third kappa shape index (κ3) is 2.14. The summed E-state index contributed by atoms with van der Waals surface area (Å²) >= 11 is 0. The summed E-state index contributed by atoms with van der Waals surface area (Å²) in [6, 6.07) is 8.57. The van der Waals surface area contributed by atoms with E-state index in [1.807, 2.05) is 0 Å². The summed E-state index contributed by atoms with van der Waals surface area (Å²) in [6.07, 6.45) is 2.02. The zero-order valence-corrected chi connectivity index (χ0v) is 12.3. The van der Waals surface area contributed by atoms with E-state index in [0.717, 1.165) is 18.7 Å². The highest BCUT2D eigenvalue weighted by Gasteiger charge is 2.31. The van der Waals surface area contributed by atoms with E-state index in [4.69, 9.17) is 0 Å². The zero-order chi connectivity index (χ0) is 14.3. The maximum Gasteiger partial charge on any atom is 0.159 e. The largest absolute Gasteiger partial charge is 0.388 e. The fourth-order valence-electron chi connectivity index (χ4n) is 3.17. The van der Waals surface area contributed by atoms with E-state index in [1.54, 1.807) is 0 Å². The van der Waals surface area contributed by atoms with E-state index >= 15 is 0 Å². The average molecular weight is 271 g/mol. The molecule has 0 fully saturated rings. The van der Waals surface area contributed by atoms with Gasteiger partial charge in [-0.1, -0.05) is 24.3 Å². The van der Waals surface area contributed by atoms with Gasteiger partial charge in [0.2, 0.25) is 0 Å². The Kier molecular flexibility index (Phi) is 3.13. The van der Waals surface area contributed by atoms with Crippen molar-refractivity contribution in [1.29, 1.82) is 0 Å². The van der Waals surface area contributed by atoms with Crippen molar-refractivity contribution in [3.8, 4) is 0 Å². The van der Waals surface area contributed by atoms with Gasteiger partial charge >= 0.3 is 0 Å². The summed E-state index contributed by atoms with van der Waals surface area (Å²) in [5.41, 5.74) is 2.70. The number of hydrogen-bond donors (Lipinski definition) is 1. The fraction of sp³-hybridized carbons (Fsp3) is 0.500. The minimum absolute atomic E-state index is 0.0655. The van der Waals surface area contributed by atoms with Gasteiger partial charge in [-0.2, -0.15) is 0 Å². The third-order valence-electron chi connectivity index (χ3n) is 3.98. The number of benzene rings is 1. The molecule has 1 aromatic carbocycles. The summed E-state index contributed by atoms with van der Waals surface area (Å²) in [4.78, 5) is 0. The van der Waals surface area contributed by atoms with Crippen LogP contribution in [0.2, 0.25) is 0 Å². The molecule has 0 unspecified atom stereocenters. The normalized spacial score (nSPS) is 15.6. The highest BCUT2D eigenvalue weighted by atomic mass is 16.3. The van der Waals surface area contributed by atoms with Gasteiger partial charge in [-0.3, -0.25) is 0 Å². The lowest BCUT2D eigenvalue weighted by molar-refractivity contribution is 0.246. The van der Waals surface area contributed by atoms with Gasteiger partial charge in [-0.05, 0) is 44.7 Å². The molecule has 1 aromatic heterocycles. The Morgan fingerprint density at radius 1 is 1.15 bits per heavy atom. The van der Waals surface area contributed by atoms with Crippen LogP contribution in [0.3, 0.4) is 0 Å². The van der Waals surface area contributed by atoms with Gasteiger partial charge in [0.25, 0.3) is 0 Å². The maximum atomic E-state index is 9.49. The molecule has 0 radical (unpaired) electrons. The summed E-state index contributed by atoms with van der Waals surface area (Å²) in [5.74, 6) is 2.01. The van der Waals surface area contributed by atoms with Crippen LogP contribution in [0.5, 0.6) is 0 Å². The molecule has 4 heteroatoms. The number of aromatic nitrogens is 3. The minimum Gasteiger partial charge on any atom is -0.388 e. The molecule has 0 bridgehead atoms. The number of hydrogen-bond acceptors (Lipinski definition) is 3. The SMILES string of the molecule is CC(C)(C)n1c(CO)nnc1C1Cc2ccccc2C1. The first kappa shape index (κ1) is 13.3. The third-order valence-corrected chi connectivity index (χ3v) is 3.98. The Morgan fingerprint density at radius 3 is 2.25 bits per heavy atom. The van der Waals surface area contributed by atoms with Gasteiger partial charge in [0.05, 0.1) is 0 Å². The highest BCUT2D eigenvalue weighted by Crippen LogP contribution is 2.35. The second-order valence-electron chi connectivity index (χ2n) is 6.51. The molecular formula is C16H21N3O. The molecule has 3 rings (SSSR count). The van der Waals surface area contributed by atoms with Gasteiger partial charge < -0.3 is 9.67 Å². The van der Waals surface area contributed by atoms with E-state index in [9.17, 15) is 5.11 Å². The predicted octanol–water partition coefficient (Wildman–Crippen LogP) is 2.41. The van der Waals surface area contributed by atoms with E-state index in [0.29, 0.717) is 11.7 Å². The molecule has 20 heavy (non-hydrogen) atoms. The zero-order valence-electron chi connectivity index (χ0n) is 12.3. The first-order valence-electron chi connectivity index (χ1n) is 7.13. The van der Waals surface area contributed by atoms with Crippen molar-refractivity contribution in [1.82, 2.24) is 14.8 Å². The van der Waals surface area contributed by atoms with Crippen molar-refractivity contribution in [2.45, 2.75) is 51.7 Å². The van der Waals surface area contributed by atoms with Crippen LogP contribution in [-0.4, -0.2) is 19.9 Å². The minimum atomic E-state index is -0.119. The van der Waals surface area contributed by atoms with E-state index in [-0.39, 0.29) is 12.1 Å². The average Bonchev–Trinajstić information content (AvgIpc) is 3.01. The van der Waals surface area contributed by atoms with Crippen molar-refractivity contribution in [3.63, 3.8) is 0 Å². The van der Waals surface area contributed by atoms with Crippen molar-refractivity contribution < 1.29 is 5.11 Å². The summed E-state index contributed by atoms with van der Waals surface area (Å²) in [7, 11) is 0. The molecule has 0 saturated heterocycles. The van der Waals surface area contributed by atoms with Crippen molar-refractivity contribution in [2.75, 3.05) is 0 Å². The second-order valence-corrected chi connectivity index (χ2v) is 6.51. The molecule has 1 N–H and O–H groups in total. The van der Waals surface area contributed by atoms with Crippen LogP contribution in [0.4, 0.5) is 0 Å². The van der Waals surface area contributed by atoms with Crippen LogP contribution in [0.25, 0.3) is 0 Å². The van der Waals surface area contributed by atoms with Crippen molar-refractivity contribution >= 4 is 0 Å². The Hall–Kier alpha value is -1.68. The number of fused-ring (bicyclic) bond motifs is 1. The molecule has 0 aliphatic heterocycles. The summed E-state index contributed by atoms with van der Waals surface area (Å²) in [6.45, 7) is 6.31. The number of aliphatic hydroxyl groups is 1. The van der Waals surface area contributed by atoms with Crippen LogP contribution < -0.4 is 0 Å². The van der Waals surface area contributed by atoms with Gasteiger partial charge in [-0.25, -0.2) is 0 Å². The highest BCUT2D eigenvalue weighted by molar-refractivity contribution is 5.35. The molecule has 0 amide bonds. The molecule has 1 aliphatic rings. The monoisotopic (exact) mass is 271 g/mol. The van der Waals surface area contributed by atoms with Gasteiger partial charge in [0.15, 0.2) is 5.82 Å². The molecule has 106 valence electrons. The molecule has 0 atom stereocenters. The van der Waals surface area contributed by atoms with Gasteiger partial charge in [0.1, 0.15) is 12.4 Å². The number of nitrogens with zero attached hydrogens (tertiary/aromatic N) is 3. The Balaban J connectivity index is 1.99. The maximum absolute atomic E-state index is 9.49. The smallest absolute Gasteiger partial charge is 0.159 e. The lowest BCUT2D eigenvalue weighted by Gasteiger charge is -2.26. The van der Waals surface area contributed by atoms with Crippen molar-refractivity contribution in [3.05, 3.63) is 47.0 Å². The Labute approximate surface area is 119 Å². The standard InChI is InChI=1S/C16H21N3O/c1-16(2,3)19-14(10-20)17-18-15(19)13-8-11-6-4-5-7-12(11)9-13/h4-7,13,20H,8-10H2,1-3H3. The fourth-order valence-corrected chi connectivity index (χ4v) is 3.17. The van der Waals surface area contributed by atoms with E-state index in [2.05, 4.69) is 59.8 Å².